The van der Waals surface area contributed by atoms with E-state index in [1.807, 2.05) is 32.0 Å². The smallest absolute Gasteiger partial charge is 0.266 e. The zero-order chi connectivity index (χ0) is 15.4. The van der Waals surface area contributed by atoms with Crippen molar-refractivity contribution in [3.63, 3.8) is 0 Å². The first-order valence-corrected chi connectivity index (χ1v) is 7.00. The third kappa shape index (κ3) is 3.95. The van der Waals surface area contributed by atoms with Crippen molar-refractivity contribution in [1.29, 1.82) is 0 Å². The Balaban J connectivity index is 2.02. The Hall–Kier alpha value is -2.07. The first-order valence-electron chi connectivity index (χ1n) is 6.62. The number of hydrogen-bond acceptors (Lipinski definition) is 3. The van der Waals surface area contributed by atoms with Crippen LogP contribution >= 0.6 is 11.6 Å². The minimum absolute atomic E-state index is 0.259. The summed E-state index contributed by atoms with van der Waals surface area (Å²) in [6.45, 7) is 5.67. The summed E-state index contributed by atoms with van der Waals surface area (Å²) in [7, 11) is 0. The number of anilines is 1. The Bertz CT molecular complexity index is 641. The molecule has 0 saturated carbocycles. The van der Waals surface area contributed by atoms with Gasteiger partial charge in [0.05, 0.1) is 5.02 Å². The van der Waals surface area contributed by atoms with E-state index in [1.165, 1.54) is 6.20 Å². The third-order valence-electron chi connectivity index (χ3n) is 3.21. The van der Waals surface area contributed by atoms with Gasteiger partial charge in [0.15, 0.2) is 6.10 Å². The summed E-state index contributed by atoms with van der Waals surface area (Å²) in [5.74, 6) is 0.897. The maximum absolute atomic E-state index is 12.1. The van der Waals surface area contributed by atoms with Gasteiger partial charge in [-0.05, 0) is 50.1 Å². The van der Waals surface area contributed by atoms with Crippen molar-refractivity contribution in [2.24, 2.45) is 0 Å². The number of halogens is 1. The lowest BCUT2D eigenvalue weighted by Crippen LogP contribution is -2.30. The average molecular weight is 305 g/mol. The third-order valence-corrected chi connectivity index (χ3v) is 3.43. The number of carbonyl (C=O) groups is 1. The van der Waals surface area contributed by atoms with E-state index in [2.05, 4.69) is 10.3 Å². The first-order chi connectivity index (χ1) is 9.97. The van der Waals surface area contributed by atoms with Crippen LogP contribution in [0, 0.1) is 13.8 Å². The number of ether oxygens (including phenoxy) is 1. The van der Waals surface area contributed by atoms with Crippen LogP contribution in [0.25, 0.3) is 0 Å². The molecule has 1 amide bonds. The van der Waals surface area contributed by atoms with Gasteiger partial charge in [0.2, 0.25) is 0 Å². The Kier molecular flexibility index (Phi) is 4.81. The molecule has 1 aromatic heterocycles. The van der Waals surface area contributed by atoms with Gasteiger partial charge in [0.1, 0.15) is 11.6 Å². The SMILES string of the molecule is Cc1cccc(OC(C)C(=O)Nc2ccc(Cl)cn2)c1C. The van der Waals surface area contributed by atoms with Crippen LogP contribution in [0.1, 0.15) is 18.1 Å². The monoisotopic (exact) mass is 304 g/mol. The van der Waals surface area contributed by atoms with Crippen molar-refractivity contribution in [3.8, 4) is 5.75 Å². The maximum Gasteiger partial charge on any atom is 0.266 e. The highest BCUT2D eigenvalue weighted by Gasteiger charge is 2.16. The Morgan fingerprint density at radius 3 is 2.71 bits per heavy atom. The maximum atomic E-state index is 12.1. The van der Waals surface area contributed by atoms with Crippen molar-refractivity contribution in [2.75, 3.05) is 5.32 Å². The number of aromatic nitrogens is 1. The van der Waals surface area contributed by atoms with E-state index in [-0.39, 0.29) is 5.91 Å². The largest absolute Gasteiger partial charge is 0.481 e. The van der Waals surface area contributed by atoms with Crippen molar-refractivity contribution in [1.82, 2.24) is 4.98 Å². The Labute approximate surface area is 129 Å². The molecule has 0 fully saturated rings. The second-order valence-corrected chi connectivity index (χ2v) is 5.25. The molecule has 2 aromatic rings. The van der Waals surface area contributed by atoms with E-state index in [4.69, 9.17) is 16.3 Å². The highest BCUT2D eigenvalue weighted by Crippen LogP contribution is 2.22. The molecule has 0 aliphatic rings. The number of pyridine rings is 1. The molecule has 2 rings (SSSR count). The van der Waals surface area contributed by atoms with Crippen molar-refractivity contribution in [3.05, 3.63) is 52.7 Å². The zero-order valence-electron chi connectivity index (χ0n) is 12.2. The van der Waals surface area contributed by atoms with Crippen LogP contribution < -0.4 is 10.1 Å². The van der Waals surface area contributed by atoms with Crippen LogP contribution in [0.3, 0.4) is 0 Å². The topological polar surface area (TPSA) is 51.2 Å². The van der Waals surface area contributed by atoms with E-state index in [9.17, 15) is 4.79 Å². The van der Waals surface area contributed by atoms with Crippen LogP contribution in [0.4, 0.5) is 5.82 Å². The van der Waals surface area contributed by atoms with Crippen molar-refractivity contribution < 1.29 is 9.53 Å². The molecule has 1 unspecified atom stereocenters. The second-order valence-electron chi connectivity index (χ2n) is 4.81. The molecule has 0 bridgehead atoms. The standard InChI is InChI=1S/C16H17ClN2O2/c1-10-5-4-6-14(11(10)2)21-12(3)16(20)19-15-8-7-13(17)9-18-15/h4-9,12H,1-3H3,(H,18,19,20). The minimum Gasteiger partial charge on any atom is -0.481 e. The quantitative estimate of drug-likeness (QED) is 0.935. The normalized spacial score (nSPS) is 11.8. The Morgan fingerprint density at radius 2 is 2.05 bits per heavy atom. The molecule has 1 heterocycles. The summed E-state index contributed by atoms with van der Waals surface area (Å²) in [4.78, 5) is 16.1. The first kappa shape index (κ1) is 15.3. The number of nitrogens with zero attached hydrogens (tertiary/aromatic N) is 1. The Morgan fingerprint density at radius 1 is 1.29 bits per heavy atom. The van der Waals surface area contributed by atoms with Gasteiger partial charge in [-0.3, -0.25) is 4.79 Å². The van der Waals surface area contributed by atoms with Crippen LogP contribution in [0.15, 0.2) is 36.5 Å². The molecule has 0 radical (unpaired) electrons. The molecule has 0 spiro atoms. The lowest BCUT2D eigenvalue weighted by Gasteiger charge is -2.16. The molecule has 5 heteroatoms. The highest BCUT2D eigenvalue weighted by molar-refractivity contribution is 6.30. The van der Waals surface area contributed by atoms with E-state index >= 15 is 0 Å². The van der Waals surface area contributed by atoms with Gasteiger partial charge < -0.3 is 10.1 Å². The van der Waals surface area contributed by atoms with Gasteiger partial charge >= 0.3 is 0 Å². The van der Waals surface area contributed by atoms with Crippen molar-refractivity contribution >= 4 is 23.3 Å². The number of aryl methyl sites for hydroxylation is 1. The van der Waals surface area contributed by atoms with E-state index in [1.54, 1.807) is 19.1 Å². The zero-order valence-corrected chi connectivity index (χ0v) is 12.9. The summed E-state index contributed by atoms with van der Waals surface area (Å²) in [6.07, 6.45) is 0.857. The summed E-state index contributed by atoms with van der Waals surface area (Å²) >= 11 is 5.75. The molecule has 1 aromatic carbocycles. The van der Waals surface area contributed by atoms with E-state index in [0.717, 1.165) is 11.1 Å². The lowest BCUT2D eigenvalue weighted by molar-refractivity contribution is -0.122. The van der Waals surface area contributed by atoms with Gasteiger partial charge in [-0.15, -0.1) is 0 Å². The molecule has 21 heavy (non-hydrogen) atoms. The average Bonchev–Trinajstić information content (AvgIpc) is 2.46. The number of carbonyl (C=O) groups excluding carboxylic acids is 1. The number of rotatable bonds is 4. The predicted octanol–water partition coefficient (Wildman–Crippen LogP) is 3.76. The second kappa shape index (κ2) is 6.59. The van der Waals surface area contributed by atoms with Gasteiger partial charge in [-0.25, -0.2) is 4.98 Å². The summed E-state index contributed by atoms with van der Waals surface area (Å²) < 4.78 is 5.72. The minimum atomic E-state index is -0.622. The van der Waals surface area contributed by atoms with Crippen LogP contribution in [0.5, 0.6) is 5.75 Å². The molecule has 4 nitrogen and oxygen atoms in total. The highest BCUT2D eigenvalue weighted by atomic mass is 35.5. The number of benzene rings is 1. The molecule has 1 N–H and O–H groups in total. The molecule has 1 atom stereocenters. The van der Waals surface area contributed by atoms with Gasteiger partial charge in [0, 0.05) is 6.20 Å². The molecular formula is C16H17ClN2O2. The van der Waals surface area contributed by atoms with Crippen LogP contribution in [-0.4, -0.2) is 17.0 Å². The lowest BCUT2D eigenvalue weighted by atomic mass is 10.1. The number of amides is 1. The molecular weight excluding hydrogens is 288 g/mol. The predicted molar refractivity (Wildman–Crippen MR) is 83.9 cm³/mol. The van der Waals surface area contributed by atoms with Gasteiger partial charge in [-0.1, -0.05) is 23.7 Å². The van der Waals surface area contributed by atoms with Gasteiger partial charge in [0.25, 0.3) is 5.91 Å². The number of hydrogen-bond donors (Lipinski definition) is 1. The molecule has 0 aliphatic carbocycles. The number of nitrogens with one attached hydrogen (secondary N) is 1. The fourth-order valence-corrected chi connectivity index (χ4v) is 1.89. The summed E-state index contributed by atoms with van der Waals surface area (Å²) in [5.41, 5.74) is 2.15. The van der Waals surface area contributed by atoms with E-state index < -0.39 is 6.10 Å². The summed E-state index contributed by atoms with van der Waals surface area (Å²) in [5, 5.41) is 3.21. The van der Waals surface area contributed by atoms with Gasteiger partial charge in [-0.2, -0.15) is 0 Å². The molecule has 0 aliphatic heterocycles. The van der Waals surface area contributed by atoms with Crippen LogP contribution in [0.2, 0.25) is 5.02 Å². The summed E-state index contributed by atoms with van der Waals surface area (Å²) in [6, 6.07) is 9.07. The fourth-order valence-electron chi connectivity index (χ4n) is 1.77. The molecule has 0 saturated heterocycles. The van der Waals surface area contributed by atoms with Crippen molar-refractivity contribution in [2.45, 2.75) is 26.9 Å². The fraction of sp³-hybridized carbons (Fsp3) is 0.250. The van der Waals surface area contributed by atoms with E-state index in [0.29, 0.717) is 16.6 Å². The van der Waals surface area contributed by atoms with Crippen LogP contribution in [-0.2, 0) is 4.79 Å². The molecule has 110 valence electrons.